The van der Waals surface area contributed by atoms with Crippen molar-refractivity contribution < 1.29 is 9.18 Å². The van der Waals surface area contributed by atoms with E-state index in [1.807, 2.05) is 25.2 Å². The van der Waals surface area contributed by atoms with Gasteiger partial charge in [-0.15, -0.1) is 0 Å². The van der Waals surface area contributed by atoms with E-state index >= 15 is 0 Å². The van der Waals surface area contributed by atoms with E-state index < -0.39 is 6.17 Å². The zero-order chi connectivity index (χ0) is 20.4. The van der Waals surface area contributed by atoms with Gasteiger partial charge in [0.15, 0.2) is 0 Å². The Morgan fingerprint density at radius 2 is 1.89 bits per heavy atom. The highest BCUT2D eigenvalue weighted by Gasteiger charge is 2.19. The Morgan fingerprint density at radius 1 is 1.21 bits per heavy atom. The van der Waals surface area contributed by atoms with Crippen LogP contribution >= 0.6 is 23.2 Å². The van der Waals surface area contributed by atoms with Crippen LogP contribution < -0.4 is 5.32 Å². The molecule has 1 saturated heterocycles. The van der Waals surface area contributed by atoms with Gasteiger partial charge < -0.3 is 5.32 Å². The predicted molar refractivity (Wildman–Crippen MR) is 116 cm³/mol. The van der Waals surface area contributed by atoms with Gasteiger partial charge in [-0.25, -0.2) is 4.39 Å². The van der Waals surface area contributed by atoms with E-state index in [1.54, 1.807) is 24.3 Å². The smallest absolute Gasteiger partial charge is 0.251 e. The number of rotatable bonds is 9. The predicted octanol–water partition coefficient (Wildman–Crippen LogP) is 5.69. The average Bonchev–Trinajstić information content (AvgIpc) is 2.66. The number of allylic oxidation sites excluding steroid dienone is 3. The first-order chi connectivity index (χ1) is 13.5. The topological polar surface area (TPSA) is 32.3 Å². The molecule has 2 rings (SSSR count). The maximum absolute atomic E-state index is 13.7. The lowest BCUT2D eigenvalue weighted by molar-refractivity contribution is 0.0937. The summed E-state index contributed by atoms with van der Waals surface area (Å²) >= 11 is 11.9. The molecular weight excluding hydrogens is 398 g/mol. The molecule has 1 atom stereocenters. The van der Waals surface area contributed by atoms with Crippen LogP contribution in [-0.2, 0) is 0 Å². The van der Waals surface area contributed by atoms with Crippen molar-refractivity contribution in [3.8, 4) is 0 Å². The highest BCUT2D eigenvalue weighted by molar-refractivity contribution is 6.35. The molecule has 1 fully saturated rings. The van der Waals surface area contributed by atoms with Crippen LogP contribution in [-0.4, -0.2) is 43.2 Å². The summed E-state index contributed by atoms with van der Waals surface area (Å²) in [6, 6.07) is 4.85. The fraction of sp³-hybridized carbons (Fsp3) is 0.500. The van der Waals surface area contributed by atoms with Crippen molar-refractivity contribution in [2.24, 2.45) is 5.92 Å². The van der Waals surface area contributed by atoms with E-state index in [1.165, 1.54) is 0 Å². The second-order valence-electron chi connectivity index (χ2n) is 7.17. The number of halogens is 3. The molecule has 1 unspecified atom stereocenters. The molecule has 1 aromatic rings. The lowest BCUT2D eigenvalue weighted by Gasteiger charge is -2.31. The first-order valence-electron chi connectivity index (χ1n) is 9.90. The van der Waals surface area contributed by atoms with E-state index in [2.05, 4.69) is 10.2 Å². The largest absolute Gasteiger partial charge is 0.352 e. The van der Waals surface area contributed by atoms with Crippen molar-refractivity contribution >= 4 is 29.1 Å². The molecule has 0 spiro atoms. The van der Waals surface area contributed by atoms with Crippen molar-refractivity contribution in [3.63, 3.8) is 0 Å². The number of nitrogens with zero attached hydrogens (tertiary/aromatic N) is 1. The number of nitrogens with one attached hydrogen (secondary N) is 1. The Bertz CT molecular complexity index is 665. The van der Waals surface area contributed by atoms with Crippen LogP contribution in [0.1, 0.15) is 43.0 Å². The van der Waals surface area contributed by atoms with Crippen molar-refractivity contribution in [1.82, 2.24) is 10.2 Å². The van der Waals surface area contributed by atoms with E-state index in [0.717, 1.165) is 38.9 Å². The number of amides is 1. The molecule has 1 aliphatic rings. The fourth-order valence-corrected chi connectivity index (χ4v) is 3.75. The zero-order valence-corrected chi connectivity index (χ0v) is 17.9. The van der Waals surface area contributed by atoms with Crippen molar-refractivity contribution in [1.29, 1.82) is 0 Å². The number of alkyl halides is 1. The van der Waals surface area contributed by atoms with Crippen molar-refractivity contribution in [3.05, 3.63) is 58.1 Å². The molecule has 6 heteroatoms. The number of hydrogen-bond acceptors (Lipinski definition) is 2. The van der Waals surface area contributed by atoms with Gasteiger partial charge >= 0.3 is 0 Å². The van der Waals surface area contributed by atoms with Crippen LogP contribution in [0.4, 0.5) is 4.39 Å². The Kier molecular flexibility index (Phi) is 10.0. The summed E-state index contributed by atoms with van der Waals surface area (Å²) in [5.41, 5.74) is 0.481. The minimum Gasteiger partial charge on any atom is -0.352 e. The van der Waals surface area contributed by atoms with E-state index in [0.29, 0.717) is 34.5 Å². The van der Waals surface area contributed by atoms with Gasteiger partial charge in [0.25, 0.3) is 5.91 Å². The van der Waals surface area contributed by atoms with Crippen LogP contribution in [0.5, 0.6) is 0 Å². The Morgan fingerprint density at radius 3 is 2.54 bits per heavy atom. The Labute approximate surface area is 177 Å². The molecule has 1 amide bonds. The summed E-state index contributed by atoms with van der Waals surface area (Å²) in [5, 5.41) is 3.88. The van der Waals surface area contributed by atoms with Gasteiger partial charge in [0, 0.05) is 35.1 Å². The molecule has 0 bridgehead atoms. The third-order valence-corrected chi connectivity index (χ3v) is 5.29. The fourth-order valence-electron chi connectivity index (χ4n) is 3.23. The molecule has 1 aliphatic heterocycles. The van der Waals surface area contributed by atoms with E-state index in [4.69, 9.17) is 23.2 Å². The molecule has 1 aromatic carbocycles. The highest BCUT2D eigenvalue weighted by atomic mass is 35.5. The molecule has 1 N–H and O–H groups in total. The monoisotopic (exact) mass is 426 g/mol. The number of carbonyl (C=O) groups is 1. The minimum atomic E-state index is -0.907. The van der Waals surface area contributed by atoms with Crippen LogP contribution in [0.25, 0.3) is 0 Å². The SMILES string of the molecule is CC/C=C\CC(F)/C=C/CN1CCC(CNC(=O)c2cc(Cl)cc(Cl)c2)CC1. The summed E-state index contributed by atoms with van der Waals surface area (Å²) in [6.07, 6.45) is 9.98. The molecule has 3 nitrogen and oxygen atoms in total. The first kappa shape index (κ1) is 22.9. The second-order valence-corrected chi connectivity index (χ2v) is 8.04. The maximum Gasteiger partial charge on any atom is 0.251 e. The zero-order valence-electron chi connectivity index (χ0n) is 16.3. The normalized spacial score (nSPS) is 17.4. The summed E-state index contributed by atoms with van der Waals surface area (Å²) in [7, 11) is 0. The highest BCUT2D eigenvalue weighted by Crippen LogP contribution is 2.20. The standard InChI is InChI=1S/C22H29Cl2FN2O/c1-2-3-4-6-21(25)7-5-10-27-11-8-17(9-12-27)16-26-22(28)18-13-19(23)15-20(24)14-18/h3-5,7,13-15,17,21H,2,6,8-12,16H2,1H3,(H,26,28)/b4-3-,7-5+. The van der Waals surface area contributed by atoms with Crippen LogP contribution in [0, 0.1) is 5.92 Å². The molecule has 0 saturated carbocycles. The van der Waals surface area contributed by atoms with Gasteiger partial charge in [-0.05, 0) is 56.5 Å². The molecule has 0 radical (unpaired) electrons. The quantitative estimate of drug-likeness (QED) is 0.514. The third-order valence-electron chi connectivity index (χ3n) is 4.86. The molecule has 1 heterocycles. The lowest BCUT2D eigenvalue weighted by atomic mass is 9.96. The first-order valence-corrected chi connectivity index (χ1v) is 10.7. The average molecular weight is 427 g/mol. The van der Waals surface area contributed by atoms with Crippen molar-refractivity contribution in [2.45, 2.75) is 38.8 Å². The number of benzene rings is 1. The van der Waals surface area contributed by atoms with Gasteiger partial charge in [-0.1, -0.05) is 54.4 Å². The minimum absolute atomic E-state index is 0.152. The van der Waals surface area contributed by atoms with Gasteiger partial charge in [-0.2, -0.15) is 0 Å². The molecule has 28 heavy (non-hydrogen) atoms. The molecule has 154 valence electrons. The van der Waals surface area contributed by atoms with Crippen molar-refractivity contribution in [2.75, 3.05) is 26.2 Å². The lowest BCUT2D eigenvalue weighted by Crippen LogP contribution is -2.38. The molecule has 0 aliphatic carbocycles. The van der Waals surface area contributed by atoms with E-state index in [9.17, 15) is 9.18 Å². The van der Waals surface area contributed by atoms with Crippen LogP contribution in [0.3, 0.4) is 0 Å². The van der Waals surface area contributed by atoms with Crippen LogP contribution in [0.15, 0.2) is 42.5 Å². The number of piperidine rings is 1. The summed E-state index contributed by atoms with van der Waals surface area (Å²) in [5.74, 6) is 0.299. The molecule has 0 aromatic heterocycles. The Balaban J connectivity index is 1.66. The maximum atomic E-state index is 13.7. The summed E-state index contributed by atoms with van der Waals surface area (Å²) in [4.78, 5) is 14.6. The second kappa shape index (κ2) is 12.3. The number of likely N-dealkylation sites (tertiary alicyclic amines) is 1. The summed E-state index contributed by atoms with van der Waals surface area (Å²) < 4.78 is 13.7. The van der Waals surface area contributed by atoms with E-state index in [-0.39, 0.29) is 5.91 Å². The summed E-state index contributed by atoms with van der Waals surface area (Å²) in [6.45, 7) is 5.38. The Hall–Kier alpha value is -1.36. The third kappa shape index (κ3) is 8.34. The van der Waals surface area contributed by atoms with Gasteiger partial charge in [-0.3, -0.25) is 9.69 Å². The van der Waals surface area contributed by atoms with Gasteiger partial charge in [0.1, 0.15) is 6.17 Å². The van der Waals surface area contributed by atoms with Gasteiger partial charge in [0.2, 0.25) is 0 Å². The van der Waals surface area contributed by atoms with Crippen LogP contribution in [0.2, 0.25) is 10.0 Å². The van der Waals surface area contributed by atoms with Gasteiger partial charge in [0.05, 0.1) is 0 Å². The molecular formula is C22H29Cl2FN2O. The number of carbonyl (C=O) groups excluding carboxylic acids is 1. The number of hydrogen-bond donors (Lipinski definition) is 1.